The summed E-state index contributed by atoms with van der Waals surface area (Å²) in [5, 5.41) is 6.99. The number of rotatable bonds is 4. The molecule has 0 aliphatic carbocycles. The first-order valence-corrected chi connectivity index (χ1v) is 10.1. The second kappa shape index (κ2) is 8.95. The van der Waals surface area contributed by atoms with Crippen molar-refractivity contribution in [2.45, 2.75) is 19.3 Å². The van der Waals surface area contributed by atoms with Gasteiger partial charge in [0.1, 0.15) is 11.9 Å². The topological polar surface area (TPSA) is 43.6 Å². The van der Waals surface area contributed by atoms with Crippen LogP contribution in [0.2, 0.25) is 0 Å². The fourth-order valence-electron chi connectivity index (χ4n) is 3.64. The van der Waals surface area contributed by atoms with Gasteiger partial charge >= 0.3 is 21.1 Å². The van der Waals surface area contributed by atoms with Crippen LogP contribution < -0.4 is 0 Å². The van der Waals surface area contributed by atoms with Crippen molar-refractivity contribution in [1.82, 2.24) is 19.7 Å². The van der Waals surface area contributed by atoms with Gasteiger partial charge in [-0.3, -0.25) is 9.67 Å². The number of benzene rings is 2. The average Bonchev–Trinajstić information content (AvgIpc) is 3.30. The van der Waals surface area contributed by atoms with E-state index in [4.69, 9.17) is 5.10 Å². The Balaban J connectivity index is 0.00000259. The van der Waals surface area contributed by atoms with Gasteiger partial charge in [-0.2, -0.15) is 17.2 Å². The zero-order valence-corrected chi connectivity index (χ0v) is 20.1. The van der Waals surface area contributed by atoms with E-state index in [-0.39, 0.29) is 26.6 Å². The summed E-state index contributed by atoms with van der Waals surface area (Å²) in [6.45, 7) is 4.00. The molecule has 3 heterocycles. The van der Waals surface area contributed by atoms with Crippen LogP contribution in [0, 0.1) is 24.0 Å². The molecule has 3 aromatic heterocycles. The Kier molecular flexibility index (Phi) is 6.22. The van der Waals surface area contributed by atoms with E-state index in [0.717, 1.165) is 28.2 Å². The summed E-state index contributed by atoms with van der Waals surface area (Å²) in [5.41, 5.74) is 2.12. The van der Waals surface area contributed by atoms with Gasteiger partial charge in [-0.05, 0) is 37.4 Å². The predicted octanol–water partition coefficient (Wildman–Crippen LogP) is 5.68. The van der Waals surface area contributed by atoms with Crippen molar-refractivity contribution < 1.29 is 29.8 Å². The normalized spacial score (nSPS) is 11.4. The van der Waals surface area contributed by atoms with Gasteiger partial charge in [-0.25, -0.2) is 8.78 Å². The Hall–Kier alpha value is -3.24. The van der Waals surface area contributed by atoms with Crippen LogP contribution in [0.1, 0.15) is 25.2 Å². The molecular weight excluding hydrogens is 601 g/mol. The number of hydrogen-bond donors (Lipinski definition) is 0. The van der Waals surface area contributed by atoms with Crippen molar-refractivity contribution in [3.8, 4) is 16.9 Å². The van der Waals surface area contributed by atoms with Crippen LogP contribution >= 0.6 is 0 Å². The van der Waals surface area contributed by atoms with Crippen LogP contribution in [0.5, 0.6) is 0 Å². The van der Waals surface area contributed by atoms with Crippen LogP contribution in [0.3, 0.4) is 0 Å². The third-order valence-electron chi connectivity index (χ3n) is 5.53. The molecule has 0 N–H and O–H groups in total. The maximum Gasteiger partial charge on any atom is 2.00 e. The molecule has 33 heavy (non-hydrogen) atoms. The Bertz CT molecular complexity index is 1450. The molecule has 0 fully saturated rings. The first-order chi connectivity index (χ1) is 15.4. The van der Waals surface area contributed by atoms with E-state index >= 15 is 0 Å². The minimum Gasteiger partial charge on any atom is -0.300 e. The zero-order valence-electron chi connectivity index (χ0n) is 17.8. The quantitative estimate of drug-likeness (QED) is 0.192. The summed E-state index contributed by atoms with van der Waals surface area (Å²) >= 11 is 0. The molecule has 0 spiro atoms. The average molecular weight is 620 g/mol. The van der Waals surface area contributed by atoms with Gasteiger partial charge in [0.15, 0.2) is 0 Å². The van der Waals surface area contributed by atoms with E-state index in [0.29, 0.717) is 11.4 Å². The molecule has 2 aromatic carbocycles. The smallest absolute Gasteiger partial charge is 0.300 e. The molecule has 0 unspecified atom stereocenters. The number of halogens is 2. The minimum absolute atomic E-state index is 0. The van der Waals surface area contributed by atoms with Crippen molar-refractivity contribution >= 4 is 10.8 Å². The summed E-state index contributed by atoms with van der Waals surface area (Å²) in [6.07, 6.45) is 1.89. The fraction of sp³-hybridized carbons (Fsp3) is 0.115. The van der Waals surface area contributed by atoms with E-state index in [1.54, 1.807) is 16.8 Å². The van der Waals surface area contributed by atoms with Gasteiger partial charge in [-0.15, -0.1) is 29.0 Å². The van der Waals surface area contributed by atoms with Crippen molar-refractivity contribution in [2.75, 3.05) is 0 Å². The number of pyridine rings is 2. The van der Waals surface area contributed by atoms with Gasteiger partial charge < -0.3 is 4.98 Å². The molecule has 0 aliphatic rings. The molecule has 7 heteroatoms. The van der Waals surface area contributed by atoms with Gasteiger partial charge in [-0.1, -0.05) is 42.0 Å². The molecule has 0 aliphatic heterocycles. The molecule has 4 nitrogen and oxygen atoms in total. The minimum atomic E-state index is -0.941. The van der Waals surface area contributed by atoms with Crippen LogP contribution in [0.15, 0.2) is 72.9 Å². The standard InChI is InChI=1S/C26H18F2N4.Pt/c1-26(2,22-9-5-8-21(29-22)20-12-13-24(27)30-25(20)28)23-14-15-32(31-23)19-11-10-17-6-3-4-7-18(17)16-19;/h3-10,13-16H,1-2H3;/q-2;+2. The molecule has 166 valence electrons. The van der Waals surface area contributed by atoms with Crippen molar-refractivity contribution in [2.24, 2.45) is 0 Å². The summed E-state index contributed by atoms with van der Waals surface area (Å²) in [5.74, 6) is -1.86. The van der Waals surface area contributed by atoms with Crippen LogP contribution in [0.4, 0.5) is 8.78 Å². The van der Waals surface area contributed by atoms with Gasteiger partial charge in [0.05, 0.1) is 11.1 Å². The molecule has 0 amide bonds. The van der Waals surface area contributed by atoms with E-state index in [1.807, 2.05) is 62.5 Å². The SMILES string of the molecule is CC(C)(c1cccc(-c2[c-]cc(F)nc2F)n1)c1ccn(-c2[c-]cc3ccccc3c2)n1.[Pt+2]. The molecule has 5 rings (SSSR count). The molecule has 0 atom stereocenters. The Morgan fingerprint density at radius 3 is 2.42 bits per heavy atom. The van der Waals surface area contributed by atoms with E-state index in [2.05, 4.69) is 28.2 Å². The van der Waals surface area contributed by atoms with Crippen molar-refractivity contribution in [3.05, 3.63) is 108 Å². The summed E-state index contributed by atoms with van der Waals surface area (Å²) in [7, 11) is 0. The van der Waals surface area contributed by atoms with E-state index in [9.17, 15) is 8.78 Å². The second-order valence-electron chi connectivity index (χ2n) is 8.01. The first-order valence-electron chi connectivity index (χ1n) is 10.1. The molecule has 0 radical (unpaired) electrons. The zero-order chi connectivity index (χ0) is 22.3. The molecule has 0 bridgehead atoms. The first kappa shape index (κ1) is 22.9. The number of nitrogens with zero attached hydrogens (tertiary/aromatic N) is 4. The van der Waals surface area contributed by atoms with E-state index in [1.165, 1.54) is 0 Å². The largest absolute Gasteiger partial charge is 2.00 e. The molecule has 0 saturated heterocycles. The third kappa shape index (κ3) is 4.36. The maximum absolute atomic E-state index is 14.1. The van der Waals surface area contributed by atoms with Crippen LogP contribution in [-0.4, -0.2) is 19.7 Å². The third-order valence-corrected chi connectivity index (χ3v) is 5.53. The van der Waals surface area contributed by atoms with Gasteiger partial charge in [0, 0.05) is 11.9 Å². The fourth-order valence-corrected chi connectivity index (χ4v) is 3.64. The van der Waals surface area contributed by atoms with Crippen molar-refractivity contribution in [1.29, 1.82) is 0 Å². The number of fused-ring (bicyclic) bond motifs is 1. The maximum atomic E-state index is 14.1. The van der Waals surface area contributed by atoms with Gasteiger partial charge in [0.2, 0.25) is 0 Å². The molecule has 0 saturated carbocycles. The molecular formula is C26H18F2N4Pt. The summed E-state index contributed by atoms with van der Waals surface area (Å²) in [6, 6.07) is 26.2. The predicted molar refractivity (Wildman–Crippen MR) is 118 cm³/mol. The van der Waals surface area contributed by atoms with Crippen LogP contribution in [-0.2, 0) is 26.5 Å². The van der Waals surface area contributed by atoms with E-state index < -0.39 is 17.3 Å². The number of aromatic nitrogens is 4. The Morgan fingerprint density at radius 2 is 1.64 bits per heavy atom. The Labute approximate surface area is 204 Å². The second-order valence-corrected chi connectivity index (χ2v) is 8.01. The van der Waals surface area contributed by atoms with Crippen molar-refractivity contribution in [3.63, 3.8) is 0 Å². The van der Waals surface area contributed by atoms with Crippen LogP contribution in [0.25, 0.3) is 27.7 Å². The Morgan fingerprint density at radius 1 is 0.848 bits per heavy atom. The number of hydrogen-bond acceptors (Lipinski definition) is 3. The summed E-state index contributed by atoms with van der Waals surface area (Å²) < 4.78 is 29.1. The molecule has 5 aromatic rings. The van der Waals surface area contributed by atoms with Gasteiger partial charge in [0.25, 0.3) is 0 Å². The summed E-state index contributed by atoms with van der Waals surface area (Å²) in [4.78, 5) is 7.85. The monoisotopic (exact) mass is 619 g/mol.